The fourth-order valence-electron chi connectivity index (χ4n) is 1.97. The standard InChI is InChI=1S/C14H16N2O/c1-10-4-5-11(2)13(6-10)14(3,17)12-7-15-9-16-8-12/h4-9,17H,1-3H3. The van der Waals surface area contributed by atoms with E-state index in [-0.39, 0.29) is 0 Å². The molecule has 0 radical (unpaired) electrons. The number of hydrogen-bond acceptors (Lipinski definition) is 3. The largest absolute Gasteiger partial charge is 0.381 e. The van der Waals surface area contributed by atoms with Gasteiger partial charge in [-0.3, -0.25) is 0 Å². The molecular formula is C14H16N2O. The summed E-state index contributed by atoms with van der Waals surface area (Å²) in [5.74, 6) is 0. The van der Waals surface area contributed by atoms with E-state index in [9.17, 15) is 5.11 Å². The van der Waals surface area contributed by atoms with E-state index in [1.807, 2.05) is 32.0 Å². The molecule has 0 saturated carbocycles. The Morgan fingerprint density at radius 1 is 1.12 bits per heavy atom. The van der Waals surface area contributed by atoms with Crippen LogP contribution in [0.3, 0.4) is 0 Å². The summed E-state index contributed by atoms with van der Waals surface area (Å²) in [5, 5.41) is 10.7. The first-order valence-electron chi connectivity index (χ1n) is 5.57. The molecule has 2 aromatic rings. The smallest absolute Gasteiger partial charge is 0.115 e. The van der Waals surface area contributed by atoms with Crippen molar-refractivity contribution in [3.63, 3.8) is 0 Å². The Balaban J connectivity index is 2.55. The molecule has 0 spiro atoms. The predicted molar refractivity (Wildman–Crippen MR) is 66.6 cm³/mol. The molecule has 0 aliphatic rings. The third-order valence-corrected chi connectivity index (χ3v) is 3.04. The first-order valence-corrected chi connectivity index (χ1v) is 5.57. The molecule has 1 heterocycles. The van der Waals surface area contributed by atoms with Crippen LogP contribution in [0, 0.1) is 13.8 Å². The van der Waals surface area contributed by atoms with Crippen LogP contribution in [0.5, 0.6) is 0 Å². The zero-order chi connectivity index (χ0) is 12.5. The predicted octanol–water partition coefficient (Wildman–Crippen LogP) is 2.35. The monoisotopic (exact) mass is 228 g/mol. The van der Waals surface area contributed by atoms with Crippen molar-refractivity contribution in [3.05, 3.63) is 59.2 Å². The van der Waals surface area contributed by atoms with E-state index >= 15 is 0 Å². The lowest BCUT2D eigenvalue weighted by molar-refractivity contribution is 0.101. The first kappa shape index (κ1) is 11.7. The van der Waals surface area contributed by atoms with E-state index in [2.05, 4.69) is 9.97 Å². The Morgan fingerprint density at radius 3 is 2.41 bits per heavy atom. The number of aliphatic hydroxyl groups is 1. The van der Waals surface area contributed by atoms with Gasteiger partial charge >= 0.3 is 0 Å². The van der Waals surface area contributed by atoms with Crippen molar-refractivity contribution >= 4 is 0 Å². The van der Waals surface area contributed by atoms with Gasteiger partial charge in [-0.1, -0.05) is 23.8 Å². The van der Waals surface area contributed by atoms with Crippen molar-refractivity contribution in [2.75, 3.05) is 0 Å². The maximum absolute atomic E-state index is 10.7. The van der Waals surface area contributed by atoms with E-state index < -0.39 is 5.60 Å². The molecule has 88 valence electrons. The number of nitrogens with zero attached hydrogens (tertiary/aromatic N) is 2. The van der Waals surface area contributed by atoms with Crippen molar-refractivity contribution in [1.29, 1.82) is 0 Å². The molecule has 1 unspecified atom stereocenters. The van der Waals surface area contributed by atoms with Gasteiger partial charge in [-0.2, -0.15) is 0 Å². The lowest BCUT2D eigenvalue weighted by Crippen LogP contribution is -2.24. The Kier molecular flexibility index (Phi) is 2.94. The highest BCUT2D eigenvalue weighted by Crippen LogP contribution is 2.30. The molecule has 1 aromatic heterocycles. The molecule has 1 aromatic carbocycles. The van der Waals surface area contributed by atoms with E-state index in [0.717, 1.165) is 16.7 Å². The fraction of sp³-hybridized carbons (Fsp3) is 0.286. The van der Waals surface area contributed by atoms with Gasteiger partial charge in [0.2, 0.25) is 0 Å². The Bertz CT molecular complexity index is 521. The number of aryl methyl sites for hydroxylation is 2. The van der Waals surface area contributed by atoms with Gasteiger partial charge in [0.05, 0.1) is 0 Å². The zero-order valence-electron chi connectivity index (χ0n) is 10.3. The van der Waals surface area contributed by atoms with E-state index in [1.54, 1.807) is 19.3 Å². The van der Waals surface area contributed by atoms with Crippen LogP contribution in [-0.4, -0.2) is 15.1 Å². The topological polar surface area (TPSA) is 46.0 Å². The van der Waals surface area contributed by atoms with Gasteiger partial charge in [0.25, 0.3) is 0 Å². The highest BCUT2D eigenvalue weighted by molar-refractivity contribution is 5.40. The minimum absolute atomic E-state index is 0.702. The average Bonchev–Trinajstić information content (AvgIpc) is 2.33. The molecule has 0 saturated heterocycles. The van der Waals surface area contributed by atoms with Gasteiger partial charge in [-0.15, -0.1) is 0 Å². The molecule has 0 bridgehead atoms. The molecule has 0 aliphatic carbocycles. The van der Waals surface area contributed by atoms with Gasteiger partial charge in [0, 0.05) is 18.0 Å². The average molecular weight is 228 g/mol. The van der Waals surface area contributed by atoms with Gasteiger partial charge in [0.15, 0.2) is 0 Å². The fourth-order valence-corrected chi connectivity index (χ4v) is 1.97. The van der Waals surface area contributed by atoms with Crippen LogP contribution in [0.2, 0.25) is 0 Å². The highest BCUT2D eigenvalue weighted by Gasteiger charge is 2.27. The summed E-state index contributed by atoms with van der Waals surface area (Å²) in [4.78, 5) is 7.91. The minimum atomic E-state index is -1.06. The van der Waals surface area contributed by atoms with E-state index in [0.29, 0.717) is 5.56 Å². The Hall–Kier alpha value is -1.74. The Morgan fingerprint density at radius 2 is 1.76 bits per heavy atom. The molecule has 2 rings (SSSR count). The van der Waals surface area contributed by atoms with Crippen molar-refractivity contribution in [1.82, 2.24) is 9.97 Å². The highest BCUT2D eigenvalue weighted by atomic mass is 16.3. The molecule has 1 N–H and O–H groups in total. The van der Waals surface area contributed by atoms with Crippen molar-refractivity contribution in [2.24, 2.45) is 0 Å². The number of hydrogen-bond donors (Lipinski definition) is 1. The third-order valence-electron chi connectivity index (χ3n) is 3.04. The van der Waals surface area contributed by atoms with Crippen molar-refractivity contribution < 1.29 is 5.11 Å². The summed E-state index contributed by atoms with van der Waals surface area (Å²) in [7, 11) is 0. The van der Waals surface area contributed by atoms with Gasteiger partial charge < -0.3 is 5.11 Å². The first-order chi connectivity index (χ1) is 8.01. The molecule has 3 nitrogen and oxygen atoms in total. The summed E-state index contributed by atoms with van der Waals surface area (Å²) >= 11 is 0. The molecule has 0 fully saturated rings. The van der Waals surface area contributed by atoms with E-state index in [1.165, 1.54) is 6.33 Å². The molecular weight excluding hydrogens is 212 g/mol. The molecule has 1 atom stereocenters. The third kappa shape index (κ3) is 2.19. The van der Waals surface area contributed by atoms with Gasteiger partial charge in [-0.25, -0.2) is 9.97 Å². The molecule has 0 aliphatic heterocycles. The van der Waals surface area contributed by atoms with Crippen molar-refractivity contribution in [2.45, 2.75) is 26.4 Å². The van der Waals surface area contributed by atoms with Crippen LogP contribution in [-0.2, 0) is 5.60 Å². The van der Waals surface area contributed by atoms with Gasteiger partial charge in [0.1, 0.15) is 11.9 Å². The van der Waals surface area contributed by atoms with Crippen LogP contribution in [0.4, 0.5) is 0 Å². The second-order valence-electron chi connectivity index (χ2n) is 4.52. The summed E-state index contributed by atoms with van der Waals surface area (Å²) in [6.07, 6.45) is 4.76. The van der Waals surface area contributed by atoms with Crippen LogP contribution in [0.1, 0.15) is 29.2 Å². The normalized spacial score (nSPS) is 14.4. The lowest BCUT2D eigenvalue weighted by atomic mass is 9.86. The maximum atomic E-state index is 10.7. The number of aromatic nitrogens is 2. The lowest BCUT2D eigenvalue weighted by Gasteiger charge is -2.25. The SMILES string of the molecule is Cc1ccc(C)c(C(C)(O)c2cncnc2)c1. The van der Waals surface area contributed by atoms with Crippen LogP contribution < -0.4 is 0 Å². The number of benzene rings is 1. The quantitative estimate of drug-likeness (QED) is 0.858. The van der Waals surface area contributed by atoms with Crippen LogP contribution >= 0.6 is 0 Å². The zero-order valence-corrected chi connectivity index (χ0v) is 10.3. The van der Waals surface area contributed by atoms with Gasteiger partial charge in [-0.05, 0) is 31.9 Å². The maximum Gasteiger partial charge on any atom is 0.115 e. The second kappa shape index (κ2) is 4.26. The van der Waals surface area contributed by atoms with E-state index in [4.69, 9.17) is 0 Å². The minimum Gasteiger partial charge on any atom is -0.381 e. The van der Waals surface area contributed by atoms with Crippen molar-refractivity contribution in [3.8, 4) is 0 Å². The van der Waals surface area contributed by atoms with Crippen LogP contribution in [0.15, 0.2) is 36.9 Å². The summed E-state index contributed by atoms with van der Waals surface area (Å²) in [6.45, 7) is 5.78. The van der Waals surface area contributed by atoms with Crippen LogP contribution in [0.25, 0.3) is 0 Å². The molecule has 17 heavy (non-hydrogen) atoms. The second-order valence-corrected chi connectivity index (χ2v) is 4.52. The summed E-state index contributed by atoms with van der Waals surface area (Å²) < 4.78 is 0. The molecule has 0 amide bonds. The number of rotatable bonds is 2. The summed E-state index contributed by atoms with van der Waals surface area (Å²) in [5.41, 5.74) is 2.73. The Labute approximate surface area is 101 Å². The summed E-state index contributed by atoms with van der Waals surface area (Å²) in [6, 6.07) is 6.06. The molecule has 3 heteroatoms.